The zero-order chi connectivity index (χ0) is 29.1. The smallest absolute Gasteiger partial charge is 0.411 e. The molecule has 2 heterocycles. The Morgan fingerprint density at radius 2 is 1.70 bits per heavy atom. The van der Waals surface area contributed by atoms with E-state index in [0.717, 1.165) is 22.7 Å². The summed E-state index contributed by atoms with van der Waals surface area (Å²) in [6.45, 7) is 18.5. The third kappa shape index (κ3) is 7.55. The molecule has 1 aromatic heterocycles. The standard InChI is InChI=1S/C32H45N3O4Si/c1-31(2,3)38-30(36)35-22-27(39-40(7,8)32(4,5)6)20-28(35)29-33-17-18-34(29)21-25-15-12-16-26(19-25)37-23-24-13-10-9-11-14-24/h9-19,27-28H,20-23H2,1-8H3/t27-,28+/m1/s1. The first kappa shape index (κ1) is 29.9. The van der Waals surface area contributed by atoms with Crippen molar-refractivity contribution in [2.75, 3.05) is 6.54 Å². The van der Waals surface area contributed by atoms with Crippen LogP contribution in [0.25, 0.3) is 0 Å². The van der Waals surface area contributed by atoms with Crippen LogP contribution < -0.4 is 4.74 Å². The van der Waals surface area contributed by atoms with Crippen molar-refractivity contribution in [2.24, 2.45) is 0 Å². The number of hydrogen-bond donors (Lipinski definition) is 0. The quantitative estimate of drug-likeness (QED) is 0.264. The Morgan fingerprint density at radius 1 is 1.00 bits per heavy atom. The van der Waals surface area contributed by atoms with Gasteiger partial charge in [0.05, 0.1) is 12.1 Å². The molecule has 1 aliphatic heterocycles. The molecule has 0 spiro atoms. The van der Waals surface area contributed by atoms with Crippen molar-refractivity contribution in [3.8, 4) is 5.75 Å². The number of amides is 1. The first-order chi connectivity index (χ1) is 18.7. The van der Waals surface area contributed by atoms with Crippen LogP contribution in [0.3, 0.4) is 0 Å². The Hall–Kier alpha value is -3.10. The minimum atomic E-state index is -2.03. The van der Waals surface area contributed by atoms with Gasteiger partial charge >= 0.3 is 6.09 Å². The van der Waals surface area contributed by atoms with E-state index in [9.17, 15) is 4.79 Å². The molecule has 0 radical (unpaired) electrons. The molecule has 4 rings (SSSR count). The summed E-state index contributed by atoms with van der Waals surface area (Å²) >= 11 is 0. The third-order valence-electron chi connectivity index (χ3n) is 7.70. The fraction of sp³-hybridized carbons (Fsp3) is 0.500. The van der Waals surface area contributed by atoms with Crippen LogP contribution in [0.15, 0.2) is 67.0 Å². The van der Waals surface area contributed by atoms with Crippen molar-refractivity contribution in [3.63, 3.8) is 0 Å². The number of nitrogens with zero attached hydrogens (tertiary/aromatic N) is 3. The van der Waals surface area contributed by atoms with Crippen LogP contribution in [-0.4, -0.2) is 47.1 Å². The zero-order valence-corrected chi connectivity index (χ0v) is 26.3. The summed E-state index contributed by atoms with van der Waals surface area (Å²) in [5.74, 6) is 1.66. The minimum Gasteiger partial charge on any atom is -0.489 e. The van der Waals surface area contributed by atoms with Gasteiger partial charge in [0.25, 0.3) is 0 Å². The van der Waals surface area contributed by atoms with Gasteiger partial charge in [-0.3, -0.25) is 4.90 Å². The molecule has 1 aliphatic rings. The Bertz CT molecular complexity index is 1280. The van der Waals surface area contributed by atoms with E-state index in [0.29, 0.717) is 26.1 Å². The number of hydrogen-bond acceptors (Lipinski definition) is 5. The lowest BCUT2D eigenvalue weighted by atomic mass is 10.1. The summed E-state index contributed by atoms with van der Waals surface area (Å²) in [5, 5.41) is 0.0773. The Kier molecular flexibility index (Phi) is 8.80. The molecule has 2 atom stereocenters. The van der Waals surface area contributed by atoms with Crippen LogP contribution in [0.1, 0.15) is 71.0 Å². The van der Waals surface area contributed by atoms with Crippen LogP contribution in [0.4, 0.5) is 4.79 Å². The Labute approximate surface area is 240 Å². The van der Waals surface area contributed by atoms with Crippen molar-refractivity contribution in [3.05, 3.63) is 83.9 Å². The number of aromatic nitrogens is 2. The molecule has 2 aromatic carbocycles. The van der Waals surface area contributed by atoms with Gasteiger partial charge in [0.1, 0.15) is 23.8 Å². The van der Waals surface area contributed by atoms with Crippen LogP contribution in [0.5, 0.6) is 5.75 Å². The van der Waals surface area contributed by atoms with Crippen molar-refractivity contribution in [1.29, 1.82) is 0 Å². The predicted molar refractivity (Wildman–Crippen MR) is 161 cm³/mol. The highest BCUT2D eigenvalue weighted by Crippen LogP contribution is 2.41. The lowest BCUT2D eigenvalue weighted by Crippen LogP contribution is -2.45. The Morgan fingerprint density at radius 3 is 2.38 bits per heavy atom. The van der Waals surface area contributed by atoms with E-state index < -0.39 is 13.9 Å². The summed E-state index contributed by atoms with van der Waals surface area (Å²) in [5.41, 5.74) is 1.64. The second-order valence-electron chi connectivity index (χ2n) is 13.2. The van der Waals surface area contributed by atoms with E-state index in [-0.39, 0.29) is 23.3 Å². The molecule has 0 bridgehead atoms. The highest BCUT2D eigenvalue weighted by atomic mass is 28.4. The van der Waals surface area contributed by atoms with E-state index in [1.807, 2.05) is 57.3 Å². The number of benzene rings is 2. The molecule has 1 fully saturated rings. The first-order valence-electron chi connectivity index (χ1n) is 14.2. The molecule has 0 aliphatic carbocycles. The summed E-state index contributed by atoms with van der Waals surface area (Å²) in [4.78, 5) is 19.9. The number of imidazole rings is 1. The van der Waals surface area contributed by atoms with Gasteiger partial charge in [-0.2, -0.15) is 0 Å². The highest BCUT2D eigenvalue weighted by molar-refractivity contribution is 6.74. The first-order valence-corrected chi connectivity index (χ1v) is 17.1. The van der Waals surface area contributed by atoms with E-state index in [2.05, 4.69) is 62.7 Å². The largest absolute Gasteiger partial charge is 0.489 e. The lowest BCUT2D eigenvalue weighted by molar-refractivity contribution is 0.0201. The van der Waals surface area contributed by atoms with Gasteiger partial charge in [-0.1, -0.05) is 63.2 Å². The number of rotatable bonds is 8. The topological polar surface area (TPSA) is 65.8 Å². The maximum absolute atomic E-state index is 13.4. The minimum absolute atomic E-state index is 0.0710. The van der Waals surface area contributed by atoms with Gasteiger partial charge in [-0.05, 0) is 62.2 Å². The molecule has 40 heavy (non-hydrogen) atoms. The maximum atomic E-state index is 13.4. The summed E-state index contributed by atoms with van der Waals surface area (Å²) < 4.78 is 20.8. The van der Waals surface area contributed by atoms with E-state index >= 15 is 0 Å². The van der Waals surface area contributed by atoms with Crippen molar-refractivity contribution in [1.82, 2.24) is 14.5 Å². The molecule has 3 aromatic rings. The monoisotopic (exact) mass is 563 g/mol. The molecular formula is C32H45N3O4Si. The van der Waals surface area contributed by atoms with E-state index in [4.69, 9.17) is 18.9 Å². The second kappa shape index (κ2) is 11.8. The van der Waals surface area contributed by atoms with Gasteiger partial charge in [0.2, 0.25) is 0 Å². The number of likely N-dealkylation sites (tertiary alicyclic amines) is 1. The van der Waals surface area contributed by atoms with Crippen molar-refractivity contribution >= 4 is 14.4 Å². The molecule has 0 N–H and O–H groups in total. The normalized spacial score (nSPS) is 18.1. The van der Waals surface area contributed by atoms with E-state index in [1.54, 1.807) is 11.1 Å². The van der Waals surface area contributed by atoms with Gasteiger partial charge in [0.15, 0.2) is 8.32 Å². The molecule has 0 unspecified atom stereocenters. The third-order valence-corrected chi connectivity index (χ3v) is 12.2. The van der Waals surface area contributed by atoms with Crippen LogP contribution in [0, 0.1) is 0 Å². The Balaban J connectivity index is 1.54. The SMILES string of the molecule is CC(C)(C)OC(=O)N1C[C@H](O[Si](C)(C)C(C)(C)C)C[C@H]1c1nccn1Cc1cccc(OCc2ccccc2)c1. The fourth-order valence-electron chi connectivity index (χ4n) is 4.67. The number of carbonyl (C=O) groups is 1. The number of carbonyl (C=O) groups excluding carboxylic acids is 1. The molecule has 7 nitrogen and oxygen atoms in total. The van der Waals surface area contributed by atoms with Crippen LogP contribution >= 0.6 is 0 Å². The molecule has 0 saturated carbocycles. The average Bonchev–Trinajstić information content (AvgIpc) is 3.48. The molecule has 8 heteroatoms. The van der Waals surface area contributed by atoms with Crippen molar-refractivity contribution < 1.29 is 18.7 Å². The molecule has 1 saturated heterocycles. The van der Waals surface area contributed by atoms with E-state index in [1.165, 1.54) is 0 Å². The average molecular weight is 564 g/mol. The lowest BCUT2D eigenvalue weighted by Gasteiger charge is -2.38. The molecule has 216 valence electrons. The van der Waals surface area contributed by atoms with Gasteiger partial charge in [0, 0.05) is 31.9 Å². The van der Waals surface area contributed by atoms with Gasteiger partial charge < -0.3 is 18.5 Å². The number of ether oxygens (including phenoxy) is 2. The van der Waals surface area contributed by atoms with Gasteiger partial charge in [-0.15, -0.1) is 0 Å². The zero-order valence-electron chi connectivity index (χ0n) is 25.3. The maximum Gasteiger partial charge on any atom is 0.411 e. The molecule has 1 amide bonds. The van der Waals surface area contributed by atoms with Crippen molar-refractivity contribution in [2.45, 2.75) is 97.0 Å². The van der Waals surface area contributed by atoms with Crippen LogP contribution in [0.2, 0.25) is 18.1 Å². The molecular weight excluding hydrogens is 518 g/mol. The predicted octanol–water partition coefficient (Wildman–Crippen LogP) is 7.58. The summed E-state index contributed by atoms with van der Waals surface area (Å²) in [7, 11) is -2.03. The summed E-state index contributed by atoms with van der Waals surface area (Å²) in [6, 6.07) is 18.0. The highest BCUT2D eigenvalue weighted by Gasteiger charge is 2.45. The summed E-state index contributed by atoms with van der Waals surface area (Å²) in [6.07, 6.45) is 4.06. The van der Waals surface area contributed by atoms with Crippen LogP contribution in [-0.2, 0) is 22.3 Å². The fourth-order valence-corrected chi connectivity index (χ4v) is 6.02. The second-order valence-corrected chi connectivity index (χ2v) is 18.0. The van der Waals surface area contributed by atoms with Gasteiger partial charge in [-0.25, -0.2) is 9.78 Å².